The van der Waals surface area contributed by atoms with Gasteiger partial charge in [-0.15, -0.1) is 0 Å². The Labute approximate surface area is 240 Å². The van der Waals surface area contributed by atoms with Gasteiger partial charge in [0.2, 0.25) is 0 Å². The Balaban J connectivity index is 1.25. The summed E-state index contributed by atoms with van der Waals surface area (Å²) < 4.78 is 66.6. The summed E-state index contributed by atoms with van der Waals surface area (Å²) in [5.41, 5.74) is -2.81. The number of benzene rings is 2. The van der Waals surface area contributed by atoms with Crippen molar-refractivity contribution >= 4 is 49.1 Å². The zero-order valence-electron chi connectivity index (χ0n) is 23.1. The zero-order valence-corrected chi connectivity index (χ0v) is 23.9. The first-order valence-electron chi connectivity index (χ1n) is 13.7. The van der Waals surface area contributed by atoms with Gasteiger partial charge >= 0.3 is 15.5 Å². The van der Waals surface area contributed by atoms with Crippen LogP contribution in [0.3, 0.4) is 0 Å². The molecule has 1 saturated carbocycles. The molecule has 15 heteroatoms. The number of sulfonamides is 1. The minimum absolute atomic E-state index is 0.175. The summed E-state index contributed by atoms with van der Waals surface area (Å²) in [7, 11) is -2.14. The normalized spacial score (nSPS) is 16.9. The van der Waals surface area contributed by atoms with E-state index in [4.69, 9.17) is 0 Å². The summed E-state index contributed by atoms with van der Waals surface area (Å²) in [4.78, 5) is 15.8. The van der Waals surface area contributed by atoms with E-state index in [-0.39, 0.29) is 11.3 Å². The van der Waals surface area contributed by atoms with Gasteiger partial charge < -0.3 is 15.5 Å². The maximum absolute atomic E-state index is 13.5. The van der Waals surface area contributed by atoms with Crippen LogP contribution in [0.4, 0.5) is 24.5 Å². The molecule has 42 heavy (non-hydrogen) atoms. The number of hydrogen-bond acceptors (Lipinski definition) is 7. The largest absolute Gasteiger partial charge is 0.511 e. The highest BCUT2D eigenvalue weighted by Crippen LogP contribution is 2.32. The van der Waals surface area contributed by atoms with Crippen LogP contribution < -0.4 is 20.3 Å². The molecule has 4 aromatic rings. The van der Waals surface area contributed by atoms with Crippen LogP contribution in [0, 0.1) is 0 Å². The molecule has 6 rings (SSSR count). The van der Waals surface area contributed by atoms with Crippen molar-refractivity contribution in [2.24, 2.45) is 14.1 Å². The number of carbonyl (C=O) groups excluding carboxylic acids is 1. The Morgan fingerprint density at radius 3 is 2.33 bits per heavy atom. The van der Waals surface area contributed by atoms with Crippen LogP contribution in [-0.4, -0.2) is 64.6 Å². The lowest BCUT2D eigenvalue weighted by Gasteiger charge is -2.34. The average molecular weight is 605 g/mol. The molecule has 0 unspecified atom stereocenters. The van der Waals surface area contributed by atoms with Gasteiger partial charge in [-0.3, -0.25) is 14.2 Å². The number of rotatable bonds is 8. The molecule has 11 nitrogen and oxygen atoms in total. The maximum Gasteiger partial charge on any atom is 0.511 e. The van der Waals surface area contributed by atoms with Gasteiger partial charge in [-0.1, -0.05) is 0 Å². The highest BCUT2D eigenvalue weighted by atomic mass is 32.2. The number of alkyl halides is 3. The Bertz CT molecular complexity index is 1770. The van der Waals surface area contributed by atoms with Crippen molar-refractivity contribution < 1.29 is 26.4 Å². The first-order chi connectivity index (χ1) is 19.9. The quantitative estimate of drug-likeness (QED) is 0.282. The number of piperidine rings is 1. The molecule has 3 N–H and O–H groups in total. The van der Waals surface area contributed by atoms with Gasteiger partial charge in [0.05, 0.1) is 11.1 Å². The van der Waals surface area contributed by atoms with Crippen LogP contribution in [0.5, 0.6) is 0 Å². The van der Waals surface area contributed by atoms with E-state index >= 15 is 0 Å². The van der Waals surface area contributed by atoms with E-state index in [1.165, 1.54) is 23.6 Å². The van der Waals surface area contributed by atoms with E-state index in [0.29, 0.717) is 34.1 Å². The van der Waals surface area contributed by atoms with Gasteiger partial charge in [0.15, 0.2) is 0 Å². The Hall–Kier alpha value is -3.69. The molecule has 0 bridgehead atoms. The number of nitrogens with one attached hydrogen (secondary N) is 3. The van der Waals surface area contributed by atoms with Crippen LogP contribution in [0.25, 0.3) is 21.8 Å². The fraction of sp³-hybridized carbons (Fsp3) is 0.444. The topological polar surface area (TPSA) is 126 Å². The molecule has 2 fully saturated rings. The number of aryl methyl sites for hydroxylation is 2. The molecule has 1 amide bonds. The maximum atomic E-state index is 13.5. The van der Waals surface area contributed by atoms with Gasteiger partial charge in [-0.05, 0) is 55.5 Å². The molecule has 0 atom stereocenters. The SMILES string of the molecule is Cn1cc2cc(NC(=O)c3ccc(N4CCC(NC5CC5)CC4)c4cn(C)nc34)cc(CNS(=O)(=O)C(F)(F)F)c2n1. The Morgan fingerprint density at radius 2 is 1.64 bits per heavy atom. The predicted octanol–water partition coefficient (Wildman–Crippen LogP) is 3.37. The smallest absolute Gasteiger partial charge is 0.371 e. The highest BCUT2D eigenvalue weighted by Gasteiger charge is 2.45. The summed E-state index contributed by atoms with van der Waals surface area (Å²) in [6.45, 7) is 1.13. The van der Waals surface area contributed by atoms with E-state index in [1.54, 1.807) is 41.8 Å². The van der Waals surface area contributed by atoms with Crippen molar-refractivity contribution in [2.45, 2.75) is 49.8 Å². The summed E-state index contributed by atoms with van der Waals surface area (Å²) in [6, 6.07) is 7.89. The molecular formula is C27H31F3N8O3S. The molecule has 2 aliphatic rings. The number of hydrogen-bond donors (Lipinski definition) is 3. The number of halogens is 3. The molecular weight excluding hydrogens is 573 g/mol. The third-order valence-corrected chi connectivity index (χ3v) is 8.85. The van der Waals surface area contributed by atoms with Crippen LogP contribution in [0.1, 0.15) is 41.6 Å². The van der Waals surface area contributed by atoms with E-state index in [2.05, 4.69) is 25.7 Å². The van der Waals surface area contributed by atoms with Crippen molar-refractivity contribution in [3.8, 4) is 0 Å². The monoisotopic (exact) mass is 604 g/mol. The van der Waals surface area contributed by atoms with Crippen molar-refractivity contribution in [1.82, 2.24) is 29.6 Å². The number of nitrogens with zero attached hydrogens (tertiary/aromatic N) is 5. The number of carbonyl (C=O) groups is 1. The molecule has 224 valence electrons. The van der Waals surface area contributed by atoms with Crippen LogP contribution in [0.2, 0.25) is 0 Å². The highest BCUT2D eigenvalue weighted by molar-refractivity contribution is 7.90. The first-order valence-corrected chi connectivity index (χ1v) is 15.2. The van der Waals surface area contributed by atoms with Crippen LogP contribution >= 0.6 is 0 Å². The van der Waals surface area contributed by atoms with E-state index in [9.17, 15) is 26.4 Å². The predicted molar refractivity (Wildman–Crippen MR) is 153 cm³/mol. The minimum Gasteiger partial charge on any atom is -0.371 e. The first kappa shape index (κ1) is 28.4. The fourth-order valence-corrected chi connectivity index (χ4v) is 6.03. The van der Waals surface area contributed by atoms with Crippen molar-refractivity contribution in [1.29, 1.82) is 0 Å². The molecule has 1 aliphatic heterocycles. The molecule has 0 radical (unpaired) electrons. The van der Waals surface area contributed by atoms with Crippen LogP contribution in [-0.2, 0) is 30.7 Å². The lowest BCUT2D eigenvalue weighted by Crippen LogP contribution is -2.43. The second kappa shape index (κ2) is 10.5. The molecule has 1 saturated heterocycles. The number of anilines is 2. The summed E-state index contributed by atoms with van der Waals surface area (Å²) in [5.74, 6) is -0.456. The standard InChI is InChI=1S/C27H31F3N8O3S/c1-36-14-17-12-20(11-16(24(17)34-36)13-31-42(40,41)27(28,29)30)33-26(39)21-5-6-23(22-15-37(2)35-25(21)22)38-9-7-19(8-10-38)32-18-3-4-18/h5-6,11-12,14-15,18-19,31-32H,3-4,7-10,13H2,1-2H3,(H,33,39). The van der Waals surface area contributed by atoms with Gasteiger partial charge in [-0.2, -0.15) is 23.4 Å². The molecule has 0 spiro atoms. The van der Waals surface area contributed by atoms with E-state index in [1.807, 2.05) is 12.3 Å². The summed E-state index contributed by atoms with van der Waals surface area (Å²) in [6.07, 6.45) is 8.12. The molecule has 3 heterocycles. The van der Waals surface area contributed by atoms with E-state index in [0.717, 1.165) is 37.0 Å². The second-order valence-corrected chi connectivity index (χ2v) is 12.8. The number of fused-ring (bicyclic) bond motifs is 2. The van der Waals surface area contributed by atoms with Crippen molar-refractivity contribution in [3.63, 3.8) is 0 Å². The third kappa shape index (κ3) is 5.68. The van der Waals surface area contributed by atoms with Gasteiger partial charge in [0.25, 0.3) is 5.91 Å². The Kier molecular flexibility index (Phi) is 7.14. The third-order valence-electron chi connectivity index (χ3n) is 7.71. The van der Waals surface area contributed by atoms with Crippen LogP contribution in [0.15, 0.2) is 36.7 Å². The van der Waals surface area contributed by atoms with Crippen molar-refractivity contribution in [2.75, 3.05) is 23.3 Å². The fourth-order valence-electron chi connectivity index (χ4n) is 5.52. The van der Waals surface area contributed by atoms with Crippen molar-refractivity contribution in [3.05, 3.63) is 47.8 Å². The minimum atomic E-state index is -5.57. The van der Waals surface area contributed by atoms with Gasteiger partial charge in [-0.25, -0.2) is 13.1 Å². The molecule has 1 aliphatic carbocycles. The van der Waals surface area contributed by atoms with Gasteiger partial charge in [0.1, 0.15) is 5.52 Å². The second-order valence-electron chi connectivity index (χ2n) is 11.0. The summed E-state index contributed by atoms with van der Waals surface area (Å²) in [5, 5.41) is 16.7. The lowest BCUT2D eigenvalue weighted by atomic mass is 10.0. The Morgan fingerprint density at radius 1 is 0.976 bits per heavy atom. The van der Waals surface area contributed by atoms with Gasteiger partial charge in [0, 0.05) is 80.4 Å². The number of aromatic nitrogens is 4. The molecule has 2 aromatic heterocycles. The zero-order chi connectivity index (χ0) is 29.8. The lowest BCUT2D eigenvalue weighted by molar-refractivity contribution is -0.0448. The number of amides is 1. The summed E-state index contributed by atoms with van der Waals surface area (Å²) >= 11 is 0. The molecule has 2 aromatic carbocycles. The van der Waals surface area contributed by atoms with E-state index < -0.39 is 28.0 Å². The average Bonchev–Trinajstić information content (AvgIpc) is 3.52.